The van der Waals surface area contributed by atoms with Crippen molar-refractivity contribution >= 4 is 6.03 Å². The highest BCUT2D eigenvalue weighted by Gasteiger charge is 2.51. The minimum absolute atomic E-state index is 0.0367. The maximum Gasteiger partial charge on any atom is 0.317 e. The summed E-state index contributed by atoms with van der Waals surface area (Å²) in [4.78, 5) is 18.5. The summed E-state index contributed by atoms with van der Waals surface area (Å²) >= 11 is 0. The third-order valence-corrected chi connectivity index (χ3v) is 5.48. The standard InChI is InChI=1S/C18H21FN4O3/c1-20-17(24)23-10-14(18(11-23)6-8-25-9-7-18)16-21-15(22-26-16)12-2-4-13(19)5-3-12/h2-5,14H,6-11H2,1H3,(H,20,24)/t14-/m1/s1. The number of carbonyl (C=O) groups excluding carboxylic acids is 1. The largest absolute Gasteiger partial charge is 0.381 e. The highest BCUT2D eigenvalue weighted by Crippen LogP contribution is 2.49. The second-order valence-corrected chi connectivity index (χ2v) is 6.93. The van der Waals surface area contributed by atoms with Gasteiger partial charge in [0, 0.05) is 44.3 Å². The first kappa shape index (κ1) is 17.0. The first-order chi connectivity index (χ1) is 12.6. The fourth-order valence-corrected chi connectivity index (χ4v) is 4.00. The minimum Gasteiger partial charge on any atom is -0.381 e. The topological polar surface area (TPSA) is 80.5 Å². The molecule has 26 heavy (non-hydrogen) atoms. The molecule has 2 aromatic rings. The Labute approximate surface area is 150 Å². The average molecular weight is 360 g/mol. The molecule has 0 unspecified atom stereocenters. The Morgan fingerprint density at radius 1 is 1.31 bits per heavy atom. The molecule has 2 aliphatic rings. The lowest BCUT2D eigenvalue weighted by Crippen LogP contribution is -2.40. The summed E-state index contributed by atoms with van der Waals surface area (Å²) in [6.45, 7) is 2.51. The second kappa shape index (κ2) is 6.68. The van der Waals surface area contributed by atoms with Crippen LogP contribution in [0.3, 0.4) is 0 Å². The van der Waals surface area contributed by atoms with Crippen LogP contribution in [-0.4, -0.2) is 54.4 Å². The Hall–Kier alpha value is -2.48. The number of hydrogen-bond donors (Lipinski definition) is 1. The van der Waals surface area contributed by atoms with Crippen molar-refractivity contribution in [2.75, 3.05) is 33.4 Å². The van der Waals surface area contributed by atoms with Gasteiger partial charge >= 0.3 is 6.03 Å². The zero-order valence-corrected chi connectivity index (χ0v) is 14.6. The van der Waals surface area contributed by atoms with Crippen LogP contribution in [0, 0.1) is 11.2 Å². The number of halogens is 1. The molecule has 1 aromatic heterocycles. The number of likely N-dealkylation sites (tertiary alicyclic amines) is 1. The summed E-state index contributed by atoms with van der Waals surface area (Å²) < 4.78 is 24.2. The number of urea groups is 1. The molecule has 4 rings (SSSR count). The lowest BCUT2D eigenvalue weighted by atomic mass is 9.72. The van der Waals surface area contributed by atoms with E-state index in [4.69, 9.17) is 9.26 Å². The van der Waals surface area contributed by atoms with Gasteiger partial charge in [0.25, 0.3) is 0 Å². The first-order valence-electron chi connectivity index (χ1n) is 8.75. The van der Waals surface area contributed by atoms with Gasteiger partial charge in [0.05, 0.1) is 5.92 Å². The van der Waals surface area contributed by atoms with Crippen molar-refractivity contribution in [1.82, 2.24) is 20.4 Å². The number of hydrogen-bond acceptors (Lipinski definition) is 5. The minimum atomic E-state index is -0.310. The SMILES string of the molecule is CNC(=O)N1C[C@H](c2nc(-c3ccc(F)cc3)no2)C2(CCOCC2)C1. The van der Waals surface area contributed by atoms with E-state index in [0.717, 1.165) is 12.8 Å². The van der Waals surface area contributed by atoms with Gasteiger partial charge in [0.2, 0.25) is 11.7 Å². The average Bonchev–Trinajstić information content (AvgIpc) is 3.28. The lowest BCUT2D eigenvalue weighted by Gasteiger charge is -2.36. The number of amides is 2. The number of nitrogens with one attached hydrogen (secondary N) is 1. The van der Waals surface area contributed by atoms with Gasteiger partial charge in [-0.05, 0) is 37.1 Å². The van der Waals surface area contributed by atoms with E-state index in [1.165, 1.54) is 12.1 Å². The van der Waals surface area contributed by atoms with E-state index in [1.54, 1.807) is 24.1 Å². The number of rotatable bonds is 2. The molecule has 1 N–H and O–H groups in total. The molecule has 0 aliphatic carbocycles. The Kier molecular flexibility index (Phi) is 4.36. The van der Waals surface area contributed by atoms with Crippen molar-refractivity contribution in [1.29, 1.82) is 0 Å². The van der Waals surface area contributed by atoms with Gasteiger partial charge in [-0.1, -0.05) is 5.16 Å². The van der Waals surface area contributed by atoms with Crippen molar-refractivity contribution in [3.05, 3.63) is 36.0 Å². The molecule has 2 amide bonds. The van der Waals surface area contributed by atoms with Crippen molar-refractivity contribution < 1.29 is 18.4 Å². The quantitative estimate of drug-likeness (QED) is 0.890. The molecular formula is C18H21FN4O3. The van der Waals surface area contributed by atoms with Crippen LogP contribution in [0.1, 0.15) is 24.7 Å². The number of aromatic nitrogens is 2. The molecule has 138 valence electrons. The van der Waals surface area contributed by atoms with Gasteiger partial charge in [0.1, 0.15) is 5.82 Å². The zero-order chi connectivity index (χ0) is 18.1. The van der Waals surface area contributed by atoms with Gasteiger partial charge in [0.15, 0.2) is 0 Å². The van der Waals surface area contributed by atoms with Gasteiger partial charge in [-0.2, -0.15) is 4.98 Å². The maximum atomic E-state index is 13.1. The highest BCUT2D eigenvalue weighted by atomic mass is 19.1. The number of nitrogens with zero attached hydrogens (tertiary/aromatic N) is 3. The summed E-state index contributed by atoms with van der Waals surface area (Å²) in [6.07, 6.45) is 1.69. The molecule has 3 heterocycles. The van der Waals surface area contributed by atoms with Crippen LogP contribution in [0.2, 0.25) is 0 Å². The van der Waals surface area contributed by atoms with Gasteiger partial charge < -0.3 is 19.5 Å². The number of carbonyl (C=O) groups is 1. The van der Waals surface area contributed by atoms with Crippen LogP contribution in [-0.2, 0) is 4.74 Å². The molecule has 1 atom stereocenters. The normalized spacial score (nSPS) is 21.9. The third-order valence-electron chi connectivity index (χ3n) is 5.48. The Morgan fingerprint density at radius 3 is 2.73 bits per heavy atom. The number of benzene rings is 1. The molecule has 0 bridgehead atoms. The van der Waals surface area contributed by atoms with Crippen LogP contribution < -0.4 is 5.32 Å². The summed E-state index contributed by atoms with van der Waals surface area (Å²) in [5, 5.41) is 6.76. The van der Waals surface area contributed by atoms with Crippen LogP contribution >= 0.6 is 0 Å². The molecule has 2 fully saturated rings. The summed E-state index contributed by atoms with van der Waals surface area (Å²) in [7, 11) is 1.63. The molecule has 0 saturated carbocycles. The molecular weight excluding hydrogens is 339 g/mol. The van der Waals surface area contributed by atoms with Crippen LogP contribution in [0.4, 0.5) is 9.18 Å². The van der Waals surface area contributed by atoms with Gasteiger partial charge in [-0.25, -0.2) is 9.18 Å². The fourth-order valence-electron chi connectivity index (χ4n) is 4.00. The fraction of sp³-hybridized carbons (Fsp3) is 0.500. The summed E-state index contributed by atoms with van der Waals surface area (Å²) in [5.74, 6) is 0.610. The predicted molar refractivity (Wildman–Crippen MR) is 90.9 cm³/mol. The van der Waals surface area contributed by atoms with Gasteiger partial charge in [-0.15, -0.1) is 0 Å². The van der Waals surface area contributed by atoms with Crippen molar-refractivity contribution in [2.45, 2.75) is 18.8 Å². The zero-order valence-electron chi connectivity index (χ0n) is 14.6. The summed E-state index contributed by atoms with van der Waals surface area (Å²) in [5.41, 5.74) is 0.584. The molecule has 8 heteroatoms. The van der Waals surface area contributed by atoms with E-state index in [-0.39, 0.29) is 23.2 Å². The highest BCUT2D eigenvalue weighted by molar-refractivity contribution is 5.74. The van der Waals surface area contributed by atoms with E-state index in [1.807, 2.05) is 0 Å². The predicted octanol–water partition coefficient (Wildman–Crippen LogP) is 2.41. The van der Waals surface area contributed by atoms with Crippen LogP contribution in [0.15, 0.2) is 28.8 Å². The van der Waals surface area contributed by atoms with Gasteiger partial charge in [-0.3, -0.25) is 0 Å². The third kappa shape index (κ3) is 2.94. The second-order valence-electron chi connectivity index (χ2n) is 6.93. The van der Waals surface area contributed by atoms with Crippen molar-refractivity contribution in [2.24, 2.45) is 5.41 Å². The molecule has 2 aliphatic heterocycles. The monoisotopic (exact) mass is 360 g/mol. The first-order valence-corrected chi connectivity index (χ1v) is 8.75. The van der Waals surface area contributed by atoms with Crippen molar-refractivity contribution in [3.8, 4) is 11.4 Å². The van der Waals surface area contributed by atoms with E-state index < -0.39 is 0 Å². The Balaban J connectivity index is 1.64. The molecule has 1 aromatic carbocycles. The maximum absolute atomic E-state index is 13.1. The Bertz CT molecular complexity index is 786. The molecule has 2 saturated heterocycles. The molecule has 0 radical (unpaired) electrons. The van der Waals surface area contributed by atoms with E-state index in [2.05, 4.69) is 15.5 Å². The smallest absolute Gasteiger partial charge is 0.317 e. The molecule has 7 nitrogen and oxygen atoms in total. The van der Waals surface area contributed by atoms with E-state index >= 15 is 0 Å². The number of ether oxygens (including phenoxy) is 1. The molecule has 1 spiro atoms. The van der Waals surface area contributed by atoms with Crippen LogP contribution in [0.25, 0.3) is 11.4 Å². The van der Waals surface area contributed by atoms with E-state index in [9.17, 15) is 9.18 Å². The Morgan fingerprint density at radius 2 is 2.04 bits per heavy atom. The van der Waals surface area contributed by atoms with E-state index in [0.29, 0.717) is 43.6 Å². The summed E-state index contributed by atoms with van der Waals surface area (Å²) in [6, 6.07) is 5.89. The lowest BCUT2D eigenvalue weighted by molar-refractivity contribution is 0.00945. The van der Waals surface area contributed by atoms with Crippen LogP contribution in [0.5, 0.6) is 0 Å². The van der Waals surface area contributed by atoms with Crippen molar-refractivity contribution in [3.63, 3.8) is 0 Å².